The summed E-state index contributed by atoms with van der Waals surface area (Å²) in [4.78, 5) is 22.1. The van der Waals surface area contributed by atoms with Crippen molar-refractivity contribution in [1.29, 1.82) is 0 Å². The van der Waals surface area contributed by atoms with E-state index in [1.54, 1.807) is 0 Å². The number of carbonyl (C=O) groups excluding carboxylic acids is 1. The first-order valence-corrected chi connectivity index (χ1v) is 9.12. The van der Waals surface area contributed by atoms with Crippen LogP contribution >= 0.6 is 23.1 Å². The molecule has 1 aromatic carbocycles. The summed E-state index contributed by atoms with van der Waals surface area (Å²) in [6, 6.07) is 9.75. The number of aromatic amines is 1. The monoisotopic (exact) mass is 359 g/mol. The van der Waals surface area contributed by atoms with E-state index in [-0.39, 0.29) is 11.2 Å². The molecule has 3 rings (SSSR count). The van der Waals surface area contributed by atoms with Crippen LogP contribution in [-0.2, 0) is 4.79 Å². The van der Waals surface area contributed by atoms with Gasteiger partial charge in [-0.25, -0.2) is 9.97 Å². The molecule has 6 nitrogen and oxygen atoms in total. The molecule has 0 saturated carbocycles. The lowest BCUT2D eigenvalue weighted by Crippen LogP contribution is -2.22. The molecule has 2 aromatic heterocycles. The predicted molar refractivity (Wildman–Crippen MR) is 97.4 cm³/mol. The van der Waals surface area contributed by atoms with Crippen LogP contribution in [0.3, 0.4) is 0 Å². The lowest BCUT2D eigenvalue weighted by Gasteiger charge is -2.07. The molecule has 124 valence electrons. The molecule has 0 bridgehead atoms. The summed E-state index contributed by atoms with van der Waals surface area (Å²) in [5.74, 6) is 0.580. The Morgan fingerprint density at radius 3 is 2.67 bits per heavy atom. The first-order valence-electron chi connectivity index (χ1n) is 7.42. The van der Waals surface area contributed by atoms with Crippen molar-refractivity contribution >= 4 is 34.1 Å². The molecule has 0 aliphatic carbocycles. The second-order valence-electron chi connectivity index (χ2n) is 5.24. The summed E-state index contributed by atoms with van der Waals surface area (Å²) < 4.78 is 0. The molecule has 1 amide bonds. The maximum absolute atomic E-state index is 12.3. The molecule has 2 N–H and O–H groups in total. The van der Waals surface area contributed by atoms with Crippen LogP contribution < -0.4 is 5.32 Å². The van der Waals surface area contributed by atoms with Crippen LogP contribution in [-0.4, -0.2) is 31.3 Å². The number of H-pyrrole nitrogens is 1. The minimum Gasteiger partial charge on any atom is -0.301 e. The van der Waals surface area contributed by atoms with Gasteiger partial charge in [0.05, 0.1) is 10.9 Å². The summed E-state index contributed by atoms with van der Waals surface area (Å²) in [6.45, 7) is 5.74. The molecule has 0 saturated heterocycles. The van der Waals surface area contributed by atoms with Crippen molar-refractivity contribution in [3.63, 3.8) is 0 Å². The molecule has 0 spiro atoms. The van der Waals surface area contributed by atoms with Crippen molar-refractivity contribution in [1.82, 2.24) is 20.2 Å². The first-order chi connectivity index (χ1) is 11.5. The first kappa shape index (κ1) is 16.7. The third kappa shape index (κ3) is 3.82. The Bertz CT molecular complexity index is 824. The van der Waals surface area contributed by atoms with Crippen molar-refractivity contribution in [3.05, 3.63) is 40.9 Å². The maximum atomic E-state index is 12.3. The van der Waals surface area contributed by atoms with Crippen LogP contribution in [0.4, 0.5) is 5.13 Å². The van der Waals surface area contributed by atoms with Gasteiger partial charge < -0.3 is 5.32 Å². The van der Waals surface area contributed by atoms with Gasteiger partial charge in [0.1, 0.15) is 0 Å². The smallest absolute Gasteiger partial charge is 0.239 e. The lowest BCUT2D eigenvalue weighted by molar-refractivity contribution is -0.115. The number of carbonyl (C=O) groups is 1. The van der Waals surface area contributed by atoms with Crippen molar-refractivity contribution in [3.8, 4) is 11.4 Å². The lowest BCUT2D eigenvalue weighted by atomic mass is 10.2. The van der Waals surface area contributed by atoms with Gasteiger partial charge in [0, 0.05) is 10.4 Å². The van der Waals surface area contributed by atoms with E-state index in [4.69, 9.17) is 0 Å². The SMILES string of the molecule is Cc1nc(NC(=O)[C@H](C)Sc2n[nH]c(-c3ccccc3)n2)sc1C. The molecular weight excluding hydrogens is 342 g/mol. The zero-order chi connectivity index (χ0) is 17.1. The Labute approximate surface area is 148 Å². The van der Waals surface area contributed by atoms with Gasteiger partial charge in [-0.05, 0) is 20.8 Å². The summed E-state index contributed by atoms with van der Waals surface area (Å²) >= 11 is 2.79. The fourth-order valence-electron chi connectivity index (χ4n) is 1.97. The molecule has 0 unspecified atom stereocenters. The van der Waals surface area contributed by atoms with Gasteiger partial charge >= 0.3 is 0 Å². The minimum atomic E-state index is -0.325. The number of nitrogens with one attached hydrogen (secondary N) is 2. The number of aryl methyl sites for hydroxylation is 2. The van der Waals surface area contributed by atoms with Crippen LogP contribution in [0, 0.1) is 13.8 Å². The number of aromatic nitrogens is 4. The Morgan fingerprint density at radius 1 is 1.25 bits per heavy atom. The van der Waals surface area contributed by atoms with Gasteiger partial charge in [-0.1, -0.05) is 42.1 Å². The molecule has 0 aliphatic rings. The van der Waals surface area contributed by atoms with E-state index in [0.717, 1.165) is 16.1 Å². The Hall–Kier alpha value is -2.19. The molecule has 0 aliphatic heterocycles. The fraction of sp³-hybridized carbons (Fsp3) is 0.250. The van der Waals surface area contributed by atoms with Crippen molar-refractivity contribution in [2.45, 2.75) is 31.2 Å². The van der Waals surface area contributed by atoms with Gasteiger partial charge in [-0.15, -0.1) is 16.4 Å². The van der Waals surface area contributed by atoms with Crippen LogP contribution in [0.5, 0.6) is 0 Å². The predicted octanol–water partition coefficient (Wildman–Crippen LogP) is 3.66. The van der Waals surface area contributed by atoms with Crippen molar-refractivity contribution in [2.75, 3.05) is 5.32 Å². The number of benzene rings is 1. The van der Waals surface area contributed by atoms with E-state index < -0.39 is 0 Å². The van der Waals surface area contributed by atoms with Gasteiger partial charge in [0.2, 0.25) is 11.1 Å². The molecule has 0 fully saturated rings. The third-order valence-electron chi connectivity index (χ3n) is 3.42. The number of nitrogens with zero attached hydrogens (tertiary/aromatic N) is 3. The molecule has 2 heterocycles. The Balaban J connectivity index is 1.63. The number of rotatable bonds is 5. The number of amides is 1. The second-order valence-corrected chi connectivity index (χ2v) is 7.75. The second kappa shape index (κ2) is 7.14. The Kier molecular flexibility index (Phi) is 4.96. The molecule has 0 radical (unpaired) electrons. The number of hydrogen-bond acceptors (Lipinski definition) is 6. The quantitative estimate of drug-likeness (QED) is 0.679. The van der Waals surface area contributed by atoms with Crippen LogP contribution in [0.15, 0.2) is 35.5 Å². The normalized spacial score (nSPS) is 12.1. The van der Waals surface area contributed by atoms with Crippen LogP contribution in [0.1, 0.15) is 17.5 Å². The van der Waals surface area contributed by atoms with Gasteiger partial charge in [-0.2, -0.15) is 0 Å². The van der Waals surface area contributed by atoms with Crippen molar-refractivity contribution in [2.24, 2.45) is 0 Å². The highest BCUT2D eigenvalue weighted by atomic mass is 32.2. The Morgan fingerprint density at radius 2 is 2.00 bits per heavy atom. The highest BCUT2D eigenvalue weighted by molar-refractivity contribution is 8.00. The van der Waals surface area contributed by atoms with Gasteiger partial charge in [-0.3, -0.25) is 9.89 Å². The number of thioether (sulfide) groups is 1. The fourth-order valence-corrected chi connectivity index (χ4v) is 3.51. The van der Waals surface area contributed by atoms with E-state index in [1.165, 1.54) is 23.1 Å². The summed E-state index contributed by atoms with van der Waals surface area (Å²) in [5.41, 5.74) is 1.90. The summed E-state index contributed by atoms with van der Waals surface area (Å²) in [7, 11) is 0. The largest absolute Gasteiger partial charge is 0.301 e. The molecule has 3 aromatic rings. The van der Waals surface area contributed by atoms with Gasteiger partial charge in [0.15, 0.2) is 11.0 Å². The topological polar surface area (TPSA) is 83.6 Å². The van der Waals surface area contributed by atoms with Crippen molar-refractivity contribution < 1.29 is 4.79 Å². The molecule has 1 atom stereocenters. The zero-order valence-electron chi connectivity index (χ0n) is 13.5. The number of thiazole rings is 1. The van der Waals surface area contributed by atoms with E-state index in [0.29, 0.717) is 16.1 Å². The highest BCUT2D eigenvalue weighted by Crippen LogP contribution is 2.25. The van der Waals surface area contributed by atoms with Crippen LogP contribution in [0.2, 0.25) is 0 Å². The number of hydrogen-bond donors (Lipinski definition) is 2. The van der Waals surface area contributed by atoms with Crippen LogP contribution in [0.25, 0.3) is 11.4 Å². The molecule has 8 heteroatoms. The van der Waals surface area contributed by atoms with E-state index in [1.807, 2.05) is 51.1 Å². The minimum absolute atomic E-state index is 0.111. The van der Waals surface area contributed by atoms with E-state index in [2.05, 4.69) is 25.5 Å². The number of anilines is 1. The average Bonchev–Trinajstić information content (AvgIpc) is 3.15. The summed E-state index contributed by atoms with van der Waals surface area (Å²) in [6.07, 6.45) is 0. The average molecular weight is 359 g/mol. The maximum Gasteiger partial charge on any atom is 0.239 e. The zero-order valence-corrected chi connectivity index (χ0v) is 15.2. The highest BCUT2D eigenvalue weighted by Gasteiger charge is 2.19. The standard InChI is InChI=1S/C16H17N5OS2/c1-9-10(2)23-15(17-9)19-14(22)11(3)24-16-18-13(20-21-16)12-7-5-4-6-8-12/h4-8,11H,1-3H3,(H,17,19,22)(H,18,20,21)/t11-/m0/s1. The van der Waals surface area contributed by atoms with Gasteiger partial charge in [0.25, 0.3) is 0 Å². The third-order valence-corrected chi connectivity index (χ3v) is 5.37. The summed E-state index contributed by atoms with van der Waals surface area (Å²) in [5, 5.41) is 10.8. The van der Waals surface area contributed by atoms with E-state index >= 15 is 0 Å². The molecule has 24 heavy (non-hydrogen) atoms. The molecular formula is C16H17N5OS2. The van der Waals surface area contributed by atoms with E-state index in [9.17, 15) is 4.79 Å².